The van der Waals surface area contributed by atoms with Gasteiger partial charge in [-0.1, -0.05) is 30.3 Å². The van der Waals surface area contributed by atoms with Crippen LogP contribution in [0.5, 0.6) is 0 Å². The number of anilines is 2. The summed E-state index contributed by atoms with van der Waals surface area (Å²) in [5.41, 5.74) is 19.0. The average Bonchev–Trinajstić information content (AvgIpc) is 2.45. The number of rotatable bonds is 1. The molecule has 4 N–H and O–H groups in total. The van der Waals surface area contributed by atoms with E-state index in [1.807, 2.05) is 13.0 Å². The lowest BCUT2D eigenvalue weighted by Gasteiger charge is -2.27. The van der Waals surface area contributed by atoms with Crippen molar-refractivity contribution >= 4 is 11.4 Å². The second-order valence-corrected chi connectivity index (χ2v) is 5.43. The molecule has 1 aliphatic carbocycles. The summed E-state index contributed by atoms with van der Waals surface area (Å²) in [7, 11) is 0. The van der Waals surface area contributed by atoms with Crippen LogP contribution in [0.15, 0.2) is 36.4 Å². The lowest BCUT2D eigenvalue weighted by Crippen LogP contribution is -2.13. The number of hydrogen-bond donors (Lipinski definition) is 2. The van der Waals surface area contributed by atoms with Crippen molar-refractivity contribution in [3.63, 3.8) is 0 Å². The van der Waals surface area contributed by atoms with Gasteiger partial charge in [-0.2, -0.15) is 0 Å². The molecule has 2 heteroatoms. The summed E-state index contributed by atoms with van der Waals surface area (Å²) in [5.74, 6) is 0.421. The van der Waals surface area contributed by atoms with Crippen LogP contribution in [0.4, 0.5) is 11.4 Å². The standard InChI is InChI=1S/C17H20N2/c1-11-16(18)10-9-15(17(11)19)14-8-4-6-12-5-2-3-7-13(12)14/h2-3,5,7,9-10,14H,4,6,8,18-19H2,1H3. The minimum absolute atomic E-state index is 0.421. The second kappa shape index (κ2) is 4.61. The van der Waals surface area contributed by atoms with Gasteiger partial charge in [0.2, 0.25) is 0 Å². The van der Waals surface area contributed by atoms with E-state index in [0.717, 1.165) is 16.9 Å². The van der Waals surface area contributed by atoms with E-state index in [0.29, 0.717) is 5.92 Å². The fraction of sp³-hybridized carbons (Fsp3) is 0.294. The summed E-state index contributed by atoms with van der Waals surface area (Å²) in [5, 5.41) is 0. The maximum absolute atomic E-state index is 6.29. The van der Waals surface area contributed by atoms with Gasteiger partial charge in [0.05, 0.1) is 0 Å². The first-order valence-corrected chi connectivity index (χ1v) is 6.90. The highest BCUT2D eigenvalue weighted by Crippen LogP contribution is 2.40. The van der Waals surface area contributed by atoms with Crippen molar-refractivity contribution < 1.29 is 0 Å². The van der Waals surface area contributed by atoms with Crippen LogP contribution in [0, 0.1) is 6.92 Å². The van der Waals surface area contributed by atoms with E-state index in [9.17, 15) is 0 Å². The van der Waals surface area contributed by atoms with E-state index in [2.05, 4.69) is 30.3 Å². The summed E-state index contributed by atoms with van der Waals surface area (Å²) in [4.78, 5) is 0. The molecular formula is C17H20N2. The largest absolute Gasteiger partial charge is 0.398 e. The van der Waals surface area contributed by atoms with Crippen molar-refractivity contribution in [1.29, 1.82) is 0 Å². The van der Waals surface area contributed by atoms with Crippen molar-refractivity contribution in [2.45, 2.75) is 32.1 Å². The Hall–Kier alpha value is -1.96. The molecule has 0 saturated carbocycles. The lowest BCUT2D eigenvalue weighted by atomic mass is 9.78. The normalized spacial score (nSPS) is 18.1. The SMILES string of the molecule is Cc1c(N)ccc(C2CCCc3ccccc32)c1N. The molecule has 2 nitrogen and oxygen atoms in total. The highest BCUT2D eigenvalue weighted by atomic mass is 14.6. The summed E-state index contributed by atoms with van der Waals surface area (Å²) >= 11 is 0. The molecule has 0 fully saturated rings. The van der Waals surface area contributed by atoms with Gasteiger partial charge in [0.25, 0.3) is 0 Å². The van der Waals surface area contributed by atoms with Crippen molar-refractivity contribution in [2.75, 3.05) is 11.5 Å². The first-order valence-electron chi connectivity index (χ1n) is 6.90. The van der Waals surface area contributed by atoms with E-state index in [1.54, 1.807) is 0 Å². The maximum atomic E-state index is 6.29. The molecule has 98 valence electrons. The Balaban J connectivity index is 2.12. The Kier molecular flexibility index (Phi) is 2.94. The molecule has 0 bridgehead atoms. The van der Waals surface area contributed by atoms with Gasteiger partial charge in [-0.25, -0.2) is 0 Å². The molecule has 0 spiro atoms. The number of fused-ring (bicyclic) bond motifs is 1. The van der Waals surface area contributed by atoms with Gasteiger partial charge in [-0.3, -0.25) is 0 Å². The van der Waals surface area contributed by atoms with Crippen LogP contribution < -0.4 is 11.5 Å². The van der Waals surface area contributed by atoms with E-state index < -0.39 is 0 Å². The van der Waals surface area contributed by atoms with Crippen LogP contribution >= 0.6 is 0 Å². The molecule has 1 unspecified atom stereocenters. The van der Waals surface area contributed by atoms with Crippen LogP contribution in [-0.4, -0.2) is 0 Å². The first-order chi connectivity index (χ1) is 9.18. The summed E-state index contributed by atoms with van der Waals surface area (Å²) in [6.45, 7) is 2.00. The Morgan fingerprint density at radius 1 is 1.00 bits per heavy atom. The molecular weight excluding hydrogens is 232 g/mol. The number of nitrogens with two attached hydrogens (primary N) is 2. The summed E-state index contributed by atoms with van der Waals surface area (Å²) in [6, 6.07) is 12.8. The van der Waals surface area contributed by atoms with Crippen molar-refractivity contribution in [1.82, 2.24) is 0 Å². The van der Waals surface area contributed by atoms with Crippen molar-refractivity contribution in [3.8, 4) is 0 Å². The predicted octanol–water partition coefficient (Wildman–Crippen LogP) is 3.63. The fourth-order valence-electron chi connectivity index (χ4n) is 3.15. The molecule has 0 aliphatic heterocycles. The molecule has 0 heterocycles. The molecule has 0 radical (unpaired) electrons. The zero-order valence-electron chi connectivity index (χ0n) is 11.3. The Bertz CT molecular complexity index is 617. The second-order valence-electron chi connectivity index (χ2n) is 5.43. The van der Waals surface area contributed by atoms with Gasteiger partial charge >= 0.3 is 0 Å². The first kappa shape index (κ1) is 12.1. The van der Waals surface area contributed by atoms with Gasteiger partial charge in [0, 0.05) is 17.3 Å². The molecule has 2 aromatic rings. The molecule has 0 saturated heterocycles. The van der Waals surface area contributed by atoms with E-state index in [1.165, 1.54) is 36.0 Å². The highest BCUT2D eigenvalue weighted by molar-refractivity contribution is 5.66. The number of aryl methyl sites for hydroxylation is 1. The smallest absolute Gasteiger partial charge is 0.0403 e. The number of hydrogen-bond acceptors (Lipinski definition) is 2. The van der Waals surface area contributed by atoms with Gasteiger partial charge in [0.15, 0.2) is 0 Å². The third-order valence-corrected chi connectivity index (χ3v) is 4.34. The van der Waals surface area contributed by atoms with Crippen LogP contribution in [0.2, 0.25) is 0 Å². The predicted molar refractivity (Wildman–Crippen MR) is 81.2 cm³/mol. The Labute approximate surface area is 114 Å². The van der Waals surface area contributed by atoms with E-state index in [-0.39, 0.29) is 0 Å². The molecule has 1 atom stereocenters. The zero-order valence-corrected chi connectivity index (χ0v) is 11.3. The summed E-state index contributed by atoms with van der Waals surface area (Å²) < 4.78 is 0. The number of benzene rings is 2. The molecule has 2 aromatic carbocycles. The van der Waals surface area contributed by atoms with Crippen molar-refractivity contribution in [2.24, 2.45) is 0 Å². The fourth-order valence-corrected chi connectivity index (χ4v) is 3.15. The van der Waals surface area contributed by atoms with E-state index >= 15 is 0 Å². The van der Waals surface area contributed by atoms with Crippen LogP contribution in [0.25, 0.3) is 0 Å². The zero-order chi connectivity index (χ0) is 13.4. The molecule has 19 heavy (non-hydrogen) atoms. The topological polar surface area (TPSA) is 52.0 Å². The minimum Gasteiger partial charge on any atom is -0.398 e. The van der Waals surface area contributed by atoms with Crippen LogP contribution in [-0.2, 0) is 6.42 Å². The third-order valence-electron chi connectivity index (χ3n) is 4.34. The van der Waals surface area contributed by atoms with Crippen molar-refractivity contribution in [3.05, 3.63) is 58.7 Å². The quantitative estimate of drug-likeness (QED) is 0.761. The molecule has 0 amide bonds. The van der Waals surface area contributed by atoms with Gasteiger partial charge < -0.3 is 11.5 Å². The van der Waals surface area contributed by atoms with Crippen LogP contribution in [0.3, 0.4) is 0 Å². The monoisotopic (exact) mass is 252 g/mol. The average molecular weight is 252 g/mol. The lowest BCUT2D eigenvalue weighted by molar-refractivity contribution is 0.617. The molecule has 0 aromatic heterocycles. The summed E-state index contributed by atoms with van der Waals surface area (Å²) in [6.07, 6.45) is 3.58. The molecule has 1 aliphatic rings. The Morgan fingerprint density at radius 3 is 2.63 bits per heavy atom. The van der Waals surface area contributed by atoms with Crippen LogP contribution in [0.1, 0.15) is 41.0 Å². The third kappa shape index (κ3) is 1.97. The molecule has 3 rings (SSSR count). The highest BCUT2D eigenvalue weighted by Gasteiger charge is 2.23. The minimum atomic E-state index is 0.421. The maximum Gasteiger partial charge on any atom is 0.0403 e. The van der Waals surface area contributed by atoms with Gasteiger partial charge in [0.1, 0.15) is 0 Å². The van der Waals surface area contributed by atoms with Gasteiger partial charge in [-0.15, -0.1) is 0 Å². The number of nitrogen functional groups attached to an aromatic ring is 2. The van der Waals surface area contributed by atoms with E-state index in [4.69, 9.17) is 11.5 Å². The Morgan fingerprint density at radius 2 is 1.79 bits per heavy atom. The van der Waals surface area contributed by atoms with Gasteiger partial charge in [-0.05, 0) is 54.5 Å².